The lowest BCUT2D eigenvalue weighted by atomic mass is 9.96. The van der Waals surface area contributed by atoms with E-state index in [0.29, 0.717) is 5.92 Å². The third-order valence-electron chi connectivity index (χ3n) is 2.36. The summed E-state index contributed by atoms with van der Waals surface area (Å²) in [4.78, 5) is 0. The number of halogens is 1. The minimum Gasteiger partial charge on any atom is -0.102 e. The molecule has 0 spiro atoms. The number of hydrogen-bond acceptors (Lipinski definition) is 0. The van der Waals surface area contributed by atoms with Gasteiger partial charge < -0.3 is 0 Å². The van der Waals surface area contributed by atoms with Gasteiger partial charge in [-0.25, -0.2) is 0 Å². The van der Waals surface area contributed by atoms with Crippen molar-refractivity contribution in [2.45, 2.75) is 25.7 Å². The molecule has 14 heavy (non-hydrogen) atoms. The highest BCUT2D eigenvalue weighted by molar-refractivity contribution is 9.10. The van der Waals surface area contributed by atoms with Crippen LogP contribution in [0.1, 0.15) is 36.8 Å². The van der Waals surface area contributed by atoms with Crippen molar-refractivity contribution in [2.75, 3.05) is 0 Å². The second-order valence-corrected chi connectivity index (χ2v) is 4.63. The summed E-state index contributed by atoms with van der Waals surface area (Å²) in [6, 6.07) is 6.42. The second kappa shape index (κ2) is 4.79. The monoisotopic (exact) mass is 251 g/mol. The Labute approximate surface area is 95.2 Å². The topological polar surface area (TPSA) is 0 Å². The summed E-state index contributed by atoms with van der Waals surface area (Å²) >= 11 is 3.58. The molecular formula is C13H16Br. The van der Waals surface area contributed by atoms with Crippen LogP contribution in [0.3, 0.4) is 0 Å². The number of benzene rings is 1. The molecule has 1 atom stereocenters. The minimum absolute atomic E-state index is 0.174. The first-order valence-electron chi connectivity index (χ1n) is 4.81. The summed E-state index contributed by atoms with van der Waals surface area (Å²) in [6.45, 7) is 12.1. The molecule has 1 radical (unpaired) electrons. The van der Waals surface area contributed by atoms with E-state index in [4.69, 9.17) is 0 Å². The third kappa shape index (κ3) is 2.48. The zero-order valence-corrected chi connectivity index (χ0v) is 10.3. The normalized spacial score (nSPS) is 12.9. The maximum Gasteiger partial charge on any atom is 0.0212 e. The van der Waals surface area contributed by atoms with E-state index < -0.39 is 0 Å². The molecule has 0 nitrogen and oxygen atoms in total. The first-order valence-corrected chi connectivity index (χ1v) is 5.60. The van der Waals surface area contributed by atoms with Crippen LogP contribution in [0.5, 0.6) is 0 Å². The van der Waals surface area contributed by atoms with Gasteiger partial charge in [-0.1, -0.05) is 48.0 Å². The molecule has 75 valence electrons. The maximum absolute atomic E-state index is 4.00. The zero-order valence-electron chi connectivity index (χ0n) is 8.76. The highest BCUT2D eigenvalue weighted by atomic mass is 79.9. The Hall–Kier alpha value is -0.560. The quantitative estimate of drug-likeness (QED) is 0.685. The van der Waals surface area contributed by atoms with E-state index in [2.05, 4.69) is 61.5 Å². The molecule has 0 saturated heterocycles. The largest absolute Gasteiger partial charge is 0.102 e. The van der Waals surface area contributed by atoms with Crippen LogP contribution in [-0.4, -0.2) is 0 Å². The molecule has 1 rings (SSSR count). The van der Waals surface area contributed by atoms with Crippen LogP contribution in [0.15, 0.2) is 35.3 Å². The van der Waals surface area contributed by atoms with E-state index in [1.165, 1.54) is 15.6 Å². The van der Waals surface area contributed by atoms with Crippen LogP contribution < -0.4 is 0 Å². The summed E-state index contributed by atoms with van der Waals surface area (Å²) in [7, 11) is 0. The Balaban J connectivity index is 3.06. The standard InChI is InChI=1S/C13H16Br/c1-5-10(4)11-6-7-12(9(2)3)13(14)8-11/h5-10H,1,4H2,2-3H3. The van der Waals surface area contributed by atoms with Gasteiger partial charge in [-0.15, -0.1) is 6.58 Å². The maximum atomic E-state index is 4.00. The molecule has 0 amide bonds. The summed E-state index contributed by atoms with van der Waals surface area (Å²) in [6.07, 6.45) is 1.86. The first kappa shape index (κ1) is 11.5. The van der Waals surface area contributed by atoms with E-state index in [9.17, 15) is 0 Å². The Bertz CT molecular complexity index is 326. The smallest absolute Gasteiger partial charge is 0.0212 e. The summed E-state index contributed by atoms with van der Waals surface area (Å²) in [5.41, 5.74) is 2.54. The van der Waals surface area contributed by atoms with Crippen LogP contribution in [-0.2, 0) is 0 Å². The van der Waals surface area contributed by atoms with Crippen molar-refractivity contribution in [2.24, 2.45) is 0 Å². The minimum atomic E-state index is 0.174. The molecule has 0 aromatic heterocycles. The van der Waals surface area contributed by atoms with Crippen LogP contribution in [0.25, 0.3) is 0 Å². The second-order valence-electron chi connectivity index (χ2n) is 3.78. The van der Waals surface area contributed by atoms with Crippen molar-refractivity contribution >= 4 is 15.9 Å². The molecule has 0 aliphatic carbocycles. The Morgan fingerprint density at radius 1 is 1.36 bits per heavy atom. The van der Waals surface area contributed by atoms with Gasteiger partial charge in [0, 0.05) is 10.4 Å². The van der Waals surface area contributed by atoms with E-state index in [1.807, 2.05) is 6.08 Å². The molecular weight excluding hydrogens is 236 g/mol. The van der Waals surface area contributed by atoms with Crippen LogP contribution >= 0.6 is 15.9 Å². The SMILES string of the molecule is [CH2]C(C=C)c1ccc(C(C)C)c(Br)c1. The first-order chi connectivity index (χ1) is 6.56. The fourth-order valence-electron chi connectivity index (χ4n) is 1.38. The van der Waals surface area contributed by atoms with Gasteiger partial charge >= 0.3 is 0 Å². The molecule has 1 aromatic carbocycles. The van der Waals surface area contributed by atoms with Gasteiger partial charge in [-0.2, -0.15) is 0 Å². The van der Waals surface area contributed by atoms with Gasteiger partial charge in [0.05, 0.1) is 0 Å². The lowest BCUT2D eigenvalue weighted by molar-refractivity contribution is 0.858. The third-order valence-corrected chi connectivity index (χ3v) is 3.05. The average molecular weight is 252 g/mol. The van der Waals surface area contributed by atoms with Gasteiger partial charge in [0.15, 0.2) is 0 Å². The Kier molecular flexibility index (Phi) is 3.94. The molecule has 1 unspecified atom stereocenters. The molecule has 1 aromatic rings. The summed E-state index contributed by atoms with van der Waals surface area (Å²) in [5, 5.41) is 0. The van der Waals surface area contributed by atoms with Crippen LogP contribution in [0.4, 0.5) is 0 Å². The summed E-state index contributed by atoms with van der Waals surface area (Å²) in [5.74, 6) is 0.720. The predicted molar refractivity (Wildman–Crippen MR) is 66.5 cm³/mol. The van der Waals surface area contributed by atoms with Gasteiger partial charge in [0.2, 0.25) is 0 Å². The highest BCUT2D eigenvalue weighted by Crippen LogP contribution is 2.28. The van der Waals surface area contributed by atoms with Gasteiger partial charge in [0.1, 0.15) is 0 Å². The lowest BCUT2D eigenvalue weighted by Crippen LogP contribution is -1.93. The highest BCUT2D eigenvalue weighted by Gasteiger charge is 2.07. The van der Waals surface area contributed by atoms with Crippen molar-refractivity contribution in [1.82, 2.24) is 0 Å². The van der Waals surface area contributed by atoms with Gasteiger partial charge in [-0.05, 0) is 30.0 Å². The van der Waals surface area contributed by atoms with Crippen molar-refractivity contribution in [3.63, 3.8) is 0 Å². The molecule has 0 aliphatic rings. The van der Waals surface area contributed by atoms with E-state index in [0.717, 1.165) is 0 Å². The molecule has 0 heterocycles. The molecule has 0 fully saturated rings. The predicted octanol–water partition coefficient (Wildman–Crippen LogP) is 4.68. The van der Waals surface area contributed by atoms with Crippen molar-refractivity contribution < 1.29 is 0 Å². The van der Waals surface area contributed by atoms with Crippen LogP contribution in [0, 0.1) is 6.92 Å². The number of rotatable bonds is 3. The van der Waals surface area contributed by atoms with E-state index in [-0.39, 0.29) is 5.92 Å². The van der Waals surface area contributed by atoms with Gasteiger partial charge in [0.25, 0.3) is 0 Å². The molecule has 1 heteroatoms. The number of hydrogen-bond donors (Lipinski definition) is 0. The lowest BCUT2D eigenvalue weighted by Gasteiger charge is -2.12. The Morgan fingerprint density at radius 2 is 2.00 bits per heavy atom. The fraction of sp³-hybridized carbons (Fsp3) is 0.308. The molecule has 0 saturated carbocycles. The zero-order chi connectivity index (χ0) is 10.7. The Morgan fingerprint density at radius 3 is 2.43 bits per heavy atom. The summed E-state index contributed by atoms with van der Waals surface area (Å²) < 4.78 is 1.17. The fourth-order valence-corrected chi connectivity index (χ4v) is 2.23. The number of allylic oxidation sites excluding steroid dienone is 1. The van der Waals surface area contributed by atoms with Crippen LogP contribution in [0.2, 0.25) is 0 Å². The van der Waals surface area contributed by atoms with E-state index in [1.54, 1.807) is 0 Å². The van der Waals surface area contributed by atoms with Crippen molar-refractivity contribution in [1.29, 1.82) is 0 Å². The average Bonchev–Trinajstić information content (AvgIpc) is 2.15. The van der Waals surface area contributed by atoms with E-state index >= 15 is 0 Å². The molecule has 0 N–H and O–H groups in total. The molecule has 0 bridgehead atoms. The van der Waals surface area contributed by atoms with Gasteiger partial charge in [-0.3, -0.25) is 0 Å². The van der Waals surface area contributed by atoms with Crippen molar-refractivity contribution in [3.05, 3.63) is 53.4 Å². The van der Waals surface area contributed by atoms with Crippen molar-refractivity contribution in [3.8, 4) is 0 Å². The molecule has 0 aliphatic heterocycles.